The molecule has 2 aromatic rings. The van der Waals surface area contributed by atoms with E-state index >= 15 is 0 Å². The van der Waals surface area contributed by atoms with Crippen molar-refractivity contribution in [1.29, 1.82) is 0 Å². The molecule has 1 unspecified atom stereocenters. The molecule has 2 heterocycles. The number of hydrogen-bond acceptors (Lipinski definition) is 4. The molecule has 0 radical (unpaired) electrons. The van der Waals surface area contributed by atoms with Crippen molar-refractivity contribution in [3.05, 3.63) is 48.0 Å². The third-order valence-electron chi connectivity index (χ3n) is 4.89. The highest BCUT2D eigenvalue weighted by Crippen LogP contribution is 2.32. The van der Waals surface area contributed by atoms with Crippen molar-refractivity contribution in [1.82, 2.24) is 0 Å². The van der Waals surface area contributed by atoms with E-state index in [1.807, 2.05) is 48.2 Å². The zero-order chi connectivity index (χ0) is 18.8. The van der Waals surface area contributed by atoms with Gasteiger partial charge in [0.2, 0.25) is 12.0 Å². The van der Waals surface area contributed by atoms with Crippen molar-refractivity contribution in [3.63, 3.8) is 0 Å². The quantitative estimate of drug-likeness (QED) is 0.905. The second-order valence-corrected chi connectivity index (χ2v) is 6.86. The molecule has 2 aromatic carbocycles. The Labute approximate surface area is 158 Å². The fourth-order valence-corrected chi connectivity index (χ4v) is 3.41. The highest BCUT2D eigenvalue weighted by atomic mass is 16.6. The molecule has 2 amide bonds. The van der Waals surface area contributed by atoms with Gasteiger partial charge in [0.25, 0.3) is 5.91 Å². The van der Waals surface area contributed by atoms with Gasteiger partial charge in [-0.15, -0.1) is 0 Å². The maximum atomic E-state index is 12.6. The van der Waals surface area contributed by atoms with Crippen molar-refractivity contribution in [3.8, 4) is 11.5 Å². The van der Waals surface area contributed by atoms with Crippen LogP contribution in [0, 0.1) is 6.92 Å². The van der Waals surface area contributed by atoms with Gasteiger partial charge in [-0.1, -0.05) is 18.2 Å². The third-order valence-corrected chi connectivity index (χ3v) is 4.89. The van der Waals surface area contributed by atoms with Gasteiger partial charge in [0.15, 0.2) is 11.5 Å². The predicted octanol–water partition coefficient (Wildman–Crippen LogP) is 3.29. The summed E-state index contributed by atoms with van der Waals surface area (Å²) in [5.41, 5.74) is 2.50. The summed E-state index contributed by atoms with van der Waals surface area (Å²) in [7, 11) is 0. The van der Waals surface area contributed by atoms with Crippen LogP contribution >= 0.6 is 0 Å². The molecule has 0 aliphatic carbocycles. The standard InChI is InChI=1S/C21H22N2O4/c1-14-9-10-15(12-16(14)23-11-5-4-8-20(23)24)22-21(25)19-13-26-17-6-2-3-7-18(17)27-19/h2-3,6-7,9-10,12,19H,4-5,8,11,13H2,1H3,(H,22,25). The lowest BCUT2D eigenvalue weighted by molar-refractivity contribution is -0.125. The fourth-order valence-electron chi connectivity index (χ4n) is 3.41. The summed E-state index contributed by atoms with van der Waals surface area (Å²) < 4.78 is 11.4. The minimum Gasteiger partial charge on any atom is -0.485 e. The van der Waals surface area contributed by atoms with Crippen LogP contribution in [0.4, 0.5) is 11.4 Å². The molecule has 0 saturated carbocycles. The largest absolute Gasteiger partial charge is 0.485 e. The van der Waals surface area contributed by atoms with Crippen LogP contribution in [-0.4, -0.2) is 31.1 Å². The van der Waals surface area contributed by atoms with Gasteiger partial charge in [0.1, 0.15) is 6.61 Å². The number of nitrogens with zero attached hydrogens (tertiary/aromatic N) is 1. The minimum absolute atomic E-state index is 0.133. The molecule has 1 fully saturated rings. The molecule has 2 aliphatic heterocycles. The lowest BCUT2D eigenvalue weighted by Crippen LogP contribution is -2.40. The van der Waals surface area contributed by atoms with Gasteiger partial charge < -0.3 is 19.7 Å². The predicted molar refractivity (Wildman–Crippen MR) is 102 cm³/mol. The van der Waals surface area contributed by atoms with Crippen molar-refractivity contribution in [2.75, 3.05) is 23.4 Å². The summed E-state index contributed by atoms with van der Waals surface area (Å²) in [6, 6.07) is 12.9. The maximum absolute atomic E-state index is 12.6. The Morgan fingerprint density at radius 2 is 1.96 bits per heavy atom. The number of piperidine rings is 1. The molecule has 27 heavy (non-hydrogen) atoms. The van der Waals surface area contributed by atoms with E-state index in [1.54, 1.807) is 6.07 Å². The topological polar surface area (TPSA) is 67.9 Å². The number of carbonyl (C=O) groups excluding carboxylic acids is 2. The third kappa shape index (κ3) is 3.60. The SMILES string of the molecule is Cc1ccc(NC(=O)C2COc3ccccc3O2)cc1N1CCCCC1=O. The molecule has 0 bridgehead atoms. The van der Waals surface area contributed by atoms with Crippen LogP contribution in [0.15, 0.2) is 42.5 Å². The Bertz CT molecular complexity index is 880. The Kier molecular flexibility index (Phi) is 4.71. The molecular weight excluding hydrogens is 344 g/mol. The first-order valence-electron chi connectivity index (χ1n) is 9.22. The molecular formula is C21H22N2O4. The first-order chi connectivity index (χ1) is 13.1. The molecule has 0 spiro atoms. The number of rotatable bonds is 3. The Hall–Kier alpha value is -3.02. The van der Waals surface area contributed by atoms with Crippen molar-refractivity contribution in [2.24, 2.45) is 0 Å². The van der Waals surface area contributed by atoms with E-state index in [0.29, 0.717) is 30.2 Å². The summed E-state index contributed by atoms with van der Waals surface area (Å²) in [6.07, 6.45) is 1.78. The maximum Gasteiger partial charge on any atom is 0.269 e. The average Bonchev–Trinajstić information content (AvgIpc) is 2.69. The van der Waals surface area contributed by atoms with Gasteiger partial charge in [-0.05, 0) is 49.6 Å². The lowest BCUT2D eigenvalue weighted by Gasteiger charge is -2.29. The molecule has 4 rings (SSSR count). The van der Waals surface area contributed by atoms with Crippen molar-refractivity contribution >= 4 is 23.2 Å². The Morgan fingerprint density at radius 3 is 2.78 bits per heavy atom. The van der Waals surface area contributed by atoms with Crippen LogP contribution in [0.2, 0.25) is 0 Å². The summed E-state index contributed by atoms with van der Waals surface area (Å²) in [5, 5.41) is 2.88. The van der Waals surface area contributed by atoms with Crippen LogP contribution in [0.1, 0.15) is 24.8 Å². The molecule has 1 atom stereocenters. The number of carbonyl (C=O) groups is 2. The highest BCUT2D eigenvalue weighted by Gasteiger charge is 2.28. The summed E-state index contributed by atoms with van der Waals surface area (Å²) >= 11 is 0. The molecule has 1 N–H and O–H groups in total. The number of amides is 2. The van der Waals surface area contributed by atoms with Crippen LogP contribution in [-0.2, 0) is 9.59 Å². The van der Waals surface area contributed by atoms with E-state index in [0.717, 1.165) is 24.1 Å². The average molecular weight is 366 g/mol. The number of ether oxygens (including phenoxy) is 2. The van der Waals surface area contributed by atoms with E-state index in [4.69, 9.17) is 9.47 Å². The zero-order valence-electron chi connectivity index (χ0n) is 15.2. The highest BCUT2D eigenvalue weighted by molar-refractivity contribution is 5.98. The van der Waals surface area contributed by atoms with E-state index < -0.39 is 6.10 Å². The van der Waals surface area contributed by atoms with Crippen LogP contribution in [0.5, 0.6) is 11.5 Å². The summed E-state index contributed by atoms with van der Waals surface area (Å²) in [5.74, 6) is 1.06. The second kappa shape index (κ2) is 7.31. The number of aryl methyl sites for hydroxylation is 1. The smallest absolute Gasteiger partial charge is 0.269 e. The number of nitrogens with one attached hydrogen (secondary N) is 1. The zero-order valence-corrected chi connectivity index (χ0v) is 15.2. The van der Waals surface area contributed by atoms with Gasteiger partial charge in [0.05, 0.1) is 0 Å². The fraction of sp³-hybridized carbons (Fsp3) is 0.333. The number of para-hydroxylation sites is 2. The van der Waals surface area contributed by atoms with Gasteiger partial charge in [-0.2, -0.15) is 0 Å². The van der Waals surface area contributed by atoms with Crippen molar-refractivity contribution < 1.29 is 19.1 Å². The first kappa shape index (κ1) is 17.4. The molecule has 1 saturated heterocycles. The molecule has 140 valence electrons. The van der Waals surface area contributed by atoms with Gasteiger partial charge >= 0.3 is 0 Å². The molecule has 0 aromatic heterocycles. The number of benzene rings is 2. The van der Waals surface area contributed by atoms with Crippen LogP contribution in [0.3, 0.4) is 0 Å². The number of fused-ring (bicyclic) bond motifs is 1. The van der Waals surface area contributed by atoms with E-state index in [1.165, 1.54) is 0 Å². The van der Waals surface area contributed by atoms with E-state index in [-0.39, 0.29) is 18.4 Å². The molecule has 2 aliphatic rings. The number of hydrogen-bond donors (Lipinski definition) is 1. The normalized spacial score (nSPS) is 18.9. The van der Waals surface area contributed by atoms with Gasteiger partial charge in [-0.3, -0.25) is 9.59 Å². The summed E-state index contributed by atoms with van der Waals surface area (Å²) in [6.45, 7) is 2.84. The van der Waals surface area contributed by atoms with Gasteiger partial charge in [-0.25, -0.2) is 0 Å². The summed E-state index contributed by atoms with van der Waals surface area (Å²) in [4.78, 5) is 26.7. The lowest BCUT2D eigenvalue weighted by atomic mass is 10.1. The Morgan fingerprint density at radius 1 is 1.15 bits per heavy atom. The second-order valence-electron chi connectivity index (χ2n) is 6.86. The number of anilines is 2. The Balaban J connectivity index is 1.49. The van der Waals surface area contributed by atoms with Crippen LogP contribution < -0.4 is 19.7 Å². The first-order valence-corrected chi connectivity index (χ1v) is 9.22. The van der Waals surface area contributed by atoms with Crippen molar-refractivity contribution in [2.45, 2.75) is 32.3 Å². The molecule has 6 heteroatoms. The van der Waals surface area contributed by atoms with Crippen LogP contribution in [0.25, 0.3) is 0 Å². The van der Waals surface area contributed by atoms with E-state index in [9.17, 15) is 9.59 Å². The van der Waals surface area contributed by atoms with E-state index in [2.05, 4.69) is 5.32 Å². The molecule has 6 nitrogen and oxygen atoms in total. The minimum atomic E-state index is -0.721. The monoisotopic (exact) mass is 366 g/mol. The van der Waals surface area contributed by atoms with Gasteiger partial charge in [0, 0.05) is 24.3 Å².